The van der Waals surface area contributed by atoms with Gasteiger partial charge in [0, 0.05) is 16.5 Å². The predicted octanol–water partition coefficient (Wildman–Crippen LogP) is 5.06. The molecule has 0 aliphatic heterocycles. The lowest BCUT2D eigenvalue weighted by Crippen LogP contribution is -1.99. The van der Waals surface area contributed by atoms with Crippen molar-refractivity contribution in [2.75, 3.05) is 0 Å². The second-order valence-electron chi connectivity index (χ2n) is 3.74. The average molecular weight is 374 g/mol. The highest BCUT2D eigenvalue weighted by molar-refractivity contribution is 9.10. The second-order valence-corrected chi connectivity index (χ2v) is 5.10. The van der Waals surface area contributed by atoms with E-state index in [2.05, 4.69) is 31.9 Å². The van der Waals surface area contributed by atoms with Gasteiger partial charge in [0.25, 0.3) is 0 Å². The summed E-state index contributed by atoms with van der Waals surface area (Å²) in [6.45, 7) is 0.336. The Morgan fingerprint density at radius 1 is 1.00 bits per heavy atom. The minimum Gasteiger partial charge on any atom is -0.489 e. The summed E-state index contributed by atoms with van der Waals surface area (Å²) in [5.41, 5.74) is 1.87. The van der Waals surface area contributed by atoms with Gasteiger partial charge < -0.3 is 4.74 Å². The molecule has 2 rings (SSSR count). The minimum absolute atomic E-state index is 0.273. The van der Waals surface area contributed by atoms with E-state index in [1.165, 1.54) is 6.07 Å². The summed E-state index contributed by atoms with van der Waals surface area (Å²) in [5, 5.41) is 0.730. The fraction of sp³-hybridized carbons (Fsp3) is 0.143. The number of hydrogen-bond acceptors (Lipinski definition) is 1. The largest absolute Gasteiger partial charge is 0.489 e. The summed E-state index contributed by atoms with van der Waals surface area (Å²) < 4.78 is 19.5. The van der Waals surface area contributed by atoms with Gasteiger partial charge in [0.1, 0.15) is 18.2 Å². The fourth-order valence-electron chi connectivity index (χ4n) is 1.57. The zero-order chi connectivity index (χ0) is 13.0. The molecule has 0 aliphatic carbocycles. The highest BCUT2D eigenvalue weighted by Crippen LogP contribution is 2.25. The van der Waals surface area contributed by atoms with Crippen LogP contribution in [0.4, 0.5) is 4.39 Å². The Morgan fingerprint density at radius 2 is 1.72 bits per heavy atom. The van der Waals surface area contributed by atoms with E-state index < -0.39 is 0 Å². The molecule has 18 heavy (non-hydrogen) atoms. The van der Waals surface area contributed by atoms with E-state index in [4.69, 9.17) is 4.74 Å². The molecule has 4 heteroatoms. The van der Waals surface area contributed by atoms with Crippen LogP contribution in [-0.4, -0.2) is 0 Å². The highest BCUT2D eigenvalue weighted by Gasteiger charge is 2.07. The first-order valence-electron chi connectivity index (χ1n) is 5.42. The molecule has 0 amide bonds. The Labute approximate surface area is 122 Å². The Kier molecular flexibility index (Phi) is 4.78. The zero-order valence-electron chi connectivity index (χ0n) is 9.50. The number of halogens is 3. The van der Waals surface area contributed by atoms with Crippen molar-refractivity contribution in [3.05, 3.63) is 63.9 Å². The molecule has 0 bridgehead atoms. The molecule has 0 atom stereocenters. The van der Waals surface area contributed by atoms with Gasteiger partial charge in [-0.15, -0.1) is 0 Å². The number of rotatable bonds is 4. The predicted molar refractivity (Wildman–Crippen MR) is 77.5 cm³/mol. The van der Waals surface area contributed by atoms with Gasteiger partial charge in [-0.3, -0.25) is 0 Å². The third-order valence-electron chi connectivity index (χ3n) is 2.53. The van der Waals surface area contributed by atoms with Crippen molar-refractivity contribution in [2.24, 2.45) is 0 Å². The van der Waals surface area contributed by atoms with Crippen LogP contribution in [-0.2, 0) is 11.9 Å². The van der Waals surface area contributed by atoms with Gasteiger partial charge in [-0.25, -0.2) is 4.39 Å². The van der Waals surface area contributed by atoms with Crippen LogP contribution in [0.3, 0.4) is 0 Å². The van der Waals surface area contributed by atoms with E-state index in [1.807, 2.05) is 30.3 Å². The molecule has 1 nitrogen and oxygen atoms in total. The van der Waals surface area contributed by atoms with Crippen LogP contribution in [0.1, 0.15) is 11.1 Å². The molecule has 2 aromatic rings. The van der Waals surface area contributed by atoms with Crippen molar-refractivity contribution in [3.63, 3.8) is 0 Å². The van der Waals surface area contributed by atoms with Crippen LogP contribution >= 0.6 is 31.9 Å². The van der Waals surface area contributed by atoms with Gasteiger partial charge >= 0.3 is 0 Å². The van der Waals surface area contributed by atoms with E-state index in [-0.39, 0.29) is 5.82 Å². The van der Waals surface area contributed by atoms with Gasteiger partial charge in [-0.05, 0) is 28.1 Å². The molecule has 0 saturated carbocycles. The third kappa shape index (κ3) is 3.12. The van der Waals surface area contributed by atoms with E-state index in [9.17, 15) is 4.39 Å². The van der Waals surface area contributed by atoms with Gasteiger partial charge in [0.2, 0.25) is 0 Å². The summed E-state index contributed by atoms with van der Waals surface area (Å²) in [5.74, 6) is 0.537. The van der Waals surface area contributed by atoms with Crippen LogP contribution in [0.5, 0.6) is 5.75 Å². The molecular formula is C14H11Br2FO. The highest BCUT2D eigenvalue weighted by atomic mass is 79.9. The number of para-hydroxylation sites is 1. The molecule has 0 radical (unpaired) electrons. The Morgan fingerprint density at radius 3 is 2.50 bits per heavy atom. The van der Waals surface area contributed by atoms with E-state index in [0.29, 0.717) is 11.1 Å². The molecule has 0 saturated heterocycles. The lowest BCUT2D eigenvalue weighted by Gasteiger charge is -2.11. The van der Waals surface area contributed by atoms with E-state index >= 15 is 0 Å². The lowest BCUT2D eigenvalue weighted by molar-refractivity contribution is 0.302. The third-order valence-corrected chi connectivity index (χ3v) is 4.02. The lowest BCUT2D eigenvalue weighted by atomic mass is 10.2. The maximum absolute atomic E-state index is 13.3. The molecule has 94 valence electrons. The smallest absolute Gasteiger partial charge is 0.137 e. The summed E-state index contributed by atoms with van der Waals surface area (Å²) in [4.78, 5) is 0. The standard InChI is InChI=1S/C14H11Br2FO/c15-8-10-4-1-2-7-13(10)18-9-11-5-3-6-12(17)14(11)16/h1-7H,8-9H2. The van der Waals surface area contributed by atoms with Crippen LogP contribution < -0.4 is 4.74 Å². The summed E-state index contributed by atoms with van der Waals surface area (Å²) in [7, 11) is 0. The SMILES string of the molecule is Fc1cccc(COc2ccccc2CBr)c1Br. The molecule has 0 aromatic heterocycles. The van der Waals surface area contributed by atoms with Crippen LogP contribution in [0.25, 0.3) is 0 Å². The number of benzene rings is 2. The Bertz CT molecular complexity index is 543. The molecule has 0 heterocycles. The topological polar surface area (TPSA) is 9.23 Å². The van der Waals surface area contributed by atoms with Gasteiger partial charge in [-0.1, -0.05) is 46.3 Å². The van der Waals surface area contributed by atoms with E-state index in [0.717, 1.165) is 22.2 Å². The zero-order valence-corrected chi connectivity index (χ0v) is 12.7. The van der Waals surface area contributed by atoms with Crippen molar-refractivity contribution >= 4 is 31.9 Å². The molecule has 0 unspecified atom stereocenters. The Balaban J connectivity index is 2.14. The van der Waals surface area contributed by atoms with Crippen molar-refractivity contribution in [2.45, 2.75) is 11.9 Å². The summed E-state index contributed by atoms with van der Waals surface area (Å²) in [6, 6.07) is 12.7. The normalized spacial score (nSPS) is 10.4. The van der Waals surface area contributed by atoms with Gasteiger partial charge in [-0.2, -0.15) is 0 Å². The molecular weight excluding hydrogens is 363 g/mol. The summed E-state index contributed by atoms with van der Waals surface area (Å²) >= 11 is 6.64. The molecule has 0 aliphatic rings. The molecule has 0 spiro atoms. The van der Waals surface area contributed by atoms with Crippen molar-refractivity contribution in [1.29, 1.82) is 0 Å². The maximum Gasteiger partial charge on any atom is 0.137 e. The monoisotopic (exact) mass is 372 g/mol. The number of alkyl halides is 1. The van der Waals surface area contributed by atoms with E-state index in [1.54, 1.807) is 6.07 Å². The molecule has 2 aromatic carbocycles. The summed E-state index contributed by atoms with van der Waals surface area (Å²) in [6.07, 6.45) is 0. The van der Waals surface area contributed by atoms with Crippen molar-refractivity contribution in [1.82, 2.24) is 0 Å². The number of hydrogen-bond donors (Lipinski definition) is 0. The number of ether oxygens (including phenoxy) is 1. The van der Waals surface area contributed by atoms with Gasteiger partial charge in [0.15, 0.2) is 0 Å². The molecule has 0 N–H and O–H groups in total. The first-order valence-corrected chi connectivity index (χ1v) is 7.33. The van der Waals surface area contributed by atoms with Crippen LogP contribution in [0, 0.1) is 5.82 Å². The second kappa shape index (κ2) is 6.34. The van der Waals surface area contributed by atoms with Gasteiger partial charge in [0.05, 0.1) is 4.47 Å². The van der Waals surface area contributed by atoms with Crippen LogP contribution in [0.2, 0.25) is 0 Å². The van der Waals surface area contributed by atoms with Crippen molar-refractivity contribution in [3.8, 4) is 5.75 Å². The van der Waals surface area contributed by atoms with Crippen molar-refractivity contribution < 1.29 is 9.13 Å². The Hall–Kier alpha value is -0.870. The minimum atomic E-state index is -0.273. The first-order chi connectivity index (χ1) is 8.72. The van der Waals surface area contributed by atoms with Crippen LogP contribution in [0.15, 0.2) is 46.9 Å². The molecule has 0 fully saturated rings. The average Bonchev–Trinajstić information content (AvgIpc) is 2.41. The first kappa shape index (κ1) is 13.6. The maximum atomic E-state index is 13.3. The quantitative estimate of drug-likeness (QED) is 0.680. The fourth-order valence-corrected chi connectivity index (χ4v) is 2.41.